The topological polar surface area (TPSA) is 117 Å². The predicted molar refractivity (Wildman–Crippen MR) is 172 cm³/mol. The van der Waals surface area contributed by atoms with Gasteiger partial charge in [0.15, 0.2) is 11.5 Å². The average molecular weight is 629 g/mol. The van der Waals surface area contributed by atoms with Crippen LogP contribution in [0.2, 0.25) is 0 Å². The lowest BCUT2D eigenvalue weighted by molar-refractivity contribution is -0.128. The maximum absolute atomic E-state index is 16.3. The SMILES string of the molecule is C=CC(=O)N1C[C@H](C)N(c2nc(=O)n3c4nc(c(F)cc24)-c2c(F)cccc2N(C)C(=O)CNc2ccnc(C(C)C)c2-3)C[C@H]1C. The minimum absolute atomic E-state index is 0.0394. The van der Waals surface area contributed by atoms with E-state index in [-0.39, 0.29) is 64.2 Å². The number of benzene rings is 1. The van der Waals surface area contributed by atoms with Gasteiger partial charge in [-0.15, -0.1) is 0 Å². The summed E-state index contributed by atoms with van der Waals surface area (Å²) in [6, 6.07) is 6.39. The monoisotopic (exact) mass is 628 g/mol. The highest BCUT2D eigenvalue weighted by atomic mass is 19.1. The highest BCUT2D eigenvalue weighted by molar-refractivity contribution is 6.01. The van der Waals surface area contributed by atoms with Crippen LogP contribution in [0, 0.1) is 11.6 Å². The lowest BCUT2D eigenvalue weighted by atomic mass is 10.0. The summed E-state index contributed by atoms with van der Waals surface area (Å²) in [5, 5.41) is 3.35. The number of piperazine rings is 1. The lowest BCUT2D eigenvalue weighted by Gasteiger charge is -2.44. The van der Waals surface area contributed by atoms with Gasteiger partial charge in [0.05, 0.1) is 40.3 Å². The number of likely N-dealkylation sites (N-methyl/N-ethyl adjacent to an activating group) is 1. The molecule has 3 aromatic heterocycles. The molecule has 6 rings (SSSR count). The van der Waals surface area contributed by atoms with E-state index in [1.165, 1.54) is 46.9 Å². The maximum atomic E-state index is 16.3. The second kappa shape index (κ2) is 11.6. The van der Waals surface area contributed by atoms with Crippen molar-refractivity contribution >= 4 is 40.0 Å². The van der Waals surface area contributed by atoms with Crippen LogP contribution in [0.4, 0.5) is 26.0 Å². The van der Waals surface area contributed by atoms with E-state index >= 15 is 8.78 Å². The maximum Gasteiger partial charge on any atom is 0.355 e. The zero-order valence-electron chi connectivity index (χ0n) is 26.2. The zero-order chi connectivity index (χ0) is 33.0. The summed E-state index contributed by atoms with van der Waals surface area (Å²) >= 11 is 0. The van der Waals surface area contributed by atoms with Gasteiger partial charge in [-0.1, -0.05) is 26.5 Å². The van der Waals surface area contributed by atoms with E-state index in [0.717, 1.165) is 0 Å². The first-order chi connectivity index (χ1) is 21.9. The number of nitrogens with one attached hydrogen (secondary N) is 1. The molecule has 2 atom stereocenters. The molecule has 2 aliphatic heterocycles. The molecule has 4 aromatic rings. The van der Waals surface area contributed by atoms with E-state index in [0.29, 0.717) is 30.2 Å². The molecule has 1 aromatic carbocycles. The number of amides is 2. The molecule has 2 amide bonds. The van der Waals surface area contributed by atoms with Crippen molar-refractivity contribution in [1.82, 2.24) is 24.4 Å². The summed E-state index contributed by atoms with van der Waals surface area (Å²) < 4.78 is 33.2. The fraction of sp³-hybridized carbons (Fsp3) is 0.333. The normalized spacial score (nSPS) is 18.2. The third-order valence-electron chi connectivity index (χ3n) is 8.63. The Bertz CT molecular complexity index is 1980. The van der Waals surface area contributed by atoms with Crippen molar-refractivity contribution < 1.29 is 18.4 Å². The summed E-state index contributed by atoms with van der Waals surface area (Å²) in [7, 11) is 1.48. The van der Waals surface area contributed by atoms with Gasteiger partial charge in [-0.3, -0.25) is 14.6 Å². The molecule has 0 radical (unpaired) electrons. The Balaban J connectivity index is 1.72. The molecule has 13 heteroatoms. The van der Waals surface area contributed by atoms with E-state index in [4.69, 9.17) is 0 Å². The number of fused-ring (bicyclic) bond motifs is 5. The van der Waals surface area contributed by atoms with Gasteiger partial charge in [0.25, 0.3) is 0 Å². The molecule has 1 fully saturated rings. The van der Waals surface area contributed by atoms with E-state index < -0.39 is 23.2 Å². The van der Waals surface area contributed by atoms with Crippen molar-refractivity contribution in [3.05, 3.63) is 77.0 Å². The highest BCUT2D eigenvalue weighted by Crippen LogP contribution is 2.39. The number of hydrogen-bond donors (Lipinski definition) is 1. The number of aromatic nitrogens is 4. The smallest absolute Gasteiger partial charge is 0.355 e. The summed E-state index contributed by atoms with van der Waals surface area (Å²) in [6.45, 7) is 11.6. The largest absolute Gasteiger partial charge is 0.374 e. The van der Waals surface area contributed by atoms with Crippen LogP contribution in [-0.2, 0) is 9.59 Å². The Morgan fingerprint density at radius 3 is 2.57 bits per heavy atom. The predicted octanol–water partition coefficient (Wildman–Crippen LogP) is 4.24. The fourth-order valence-corrected chi connectivity index (χ4v) is 6.27. The number of anilines is 3. The van der Waals surface area contributed by atoms with E-state index in [9.17, 15) is 14.4 Å². The molecule has 2 aliphatic rings. The number of carbonyl (C=O) groups excluding carboxylic acids is 2. The van der Waals surface area contributed by atoms with Gasteiger partial charge < -0.3 is 20.0 Å². The molecule has 0 spiro atoms. The molecular formula is C33H34F2N8O3. The minimum atomic E-state index is -0.861. The van der Waals surface area contributed by atoms with Crippen LogP contribution in [0.15, 0.2) is 54.0 Å². The fourth-order valence-electron chi connectivity index (χ4n) is 6.27. The Hall–Kier alpha value is -5.20. The van der Waals surface area contributed by atoms with Crippen molar-refractivity contribution in [2.45, 2.75) is 45.7 Å². The van der Waals surface area contributed by atoms with E-state index in [1.54, 1.807) is 17.2 Å². The van der Waals surface area contributed by atoms with Crippen LogP contribution in [0.3, 0.4) is 0 Å². The first-order valence-electron chi connectivity index (χ1n) is 15.0. The quantitative estimate of drug-likeness (QED) is 0.335. The molecule has 11 nitrogen and oxygen atoms in total. The van der Waals surface area contributed by atoms with Gasteiger partial charge >= 0.3 is 5.69 Å². The lowest BCUT2D eigenvalue weighted by Crippen LogP contribution is -2.58. The Morgan fingerprint density at radius 2 is 1.85 bits per heavy atom. The Labute approximate surface area is 264 Å². The first-order valence-corrected chi connectivity index (χ1v) is 15.0. The second-order valence-corrected chi connectivity index (χ2v) is 12.0. The molecule has 0 saturated carbocycles. The van der Waals surface area contributed by atoms with Crippen LogP contribution in [0.1, 0.15) is 39.3 Å². The molecule has 238 valence electrons. The van der Waals surface area contributed by atoms with Crippen molar-refractivity contribution in [3.8, 4) is 16.9 Å². The van der Waals surface area contributed by atoms with Gasteiger partial charge in [-0.05, 0) is 50.1 Å². The summed E-state index contributed by atoms with van der Waals surface area (Å²) in [4.78, 5) is 58.6. The molecule has 2 bridgehead atoms. The van der Waals surface area contributed by atoms with Crippen LogP contribution in [-0.4, -0.2) is 75.0 Å². The average Bonchev–Trinajstić information content (AvgIpc) is 3.03. The minimum Gasteiger partial charge on any atom is -0.374 e. The molecule has 1 saturated heterocycles. The van der Waals surface area contributed by atoms with Crippen molar-refractivity contribution in [1.29, 1.82) is 0 Å². The number of halogens is 2. The van der Waals surface area contributed by atoms with Crippen molar-refractivity contribution in [2.75, 3.05) is 41.8 Å². The Morgan fingerprint density at radius 1 is 1.09 bits per heavy atom. The third kappa shape index (κ3) is 4.95. The third-order valence-corrected chi connectivity index (χ3v) is 8.63. The van der Waals surface area contributed by atoms with Crippen LogP contribution in [0.5, 0.6) is 0 Å². The van der Waals surface area contributed by atoms with Crippen molar-refractivity contribution in [2.24, 2.45) is 0 Å². The number of carbonyl (C=O) groups is 2. The summed E-state index contributed by atoms with van der Waals surface area (Å²) in [5.74, 6) is -2.28. The van der Waals surface area contributed by atoms with Gasteiger partial charge in [0.2, 0.25) is 11.8 Å². The number of rotatable bonds is 3. The van der Waals surface area contributed by atoms with Crippen LogP contribution < -0.4 is 20.8 Å². The molecule has 0 unspecified atom stereocenters. The molecule has 5 heterocycles. The van der Waals surface area contributed by atoms with Gasteiger partial charge in [-0.25, -0.2) is 23.1 Å². The number of pyridine rings is 2. The zero-order valence-corrected chi connectivity index (χ0v) is 26.2. The number of nitrogens with zero attached hydrogens (tertiary/aromatic N) is 7. The summed E-state index contributed by atoms with van der Waals surface area (Å²) in [6.07, 6.45) is 2.84. The standard InChI is InChI=1S/C33H34F2N8O3/c1-7-25(44)41-15-19(5)42(16-18(41)4)31-20-13-22(35)29-27-21(34)9-8-10-24(27)40(6)26(45)14-37-23-11-12-36-28(17(2)3)30(23)43(32(20)38-29)33(46)39-31/h7-13,17-19,37H,1,14-16H2,2-6H3/t18-,19+/m1/s1. The Kier molecular flexibility index (Phi) is 7.78. The number of hydrogen-bond acceptors (Lipinski definition) is 8. The van der Waals surface area contributed by atoms with Gasteiger partial charge in [-0.2, -0.15) is 4.98 Å². The van der Waals surface area contributed by atoms with Crippen molar-refractivity contribution in [3.63, 3.8) is 0 Å². The highest BCUT2D eigenvalue weighted by Gasteiger charge is 2.35. The van der Waals surface area contributed by atoms with Gasteiger partial charge in [0, 0.05) is 38.4 Å². The van der Waals surface area contributed by atoms with Crippen LogP contribution in [0.25, 0.3) is 28.0 Å². The van der Waals surface area contributed by atoms with E-state index in [2.05, 4.69) is 26.8 Å². The first kappa shape index (κ1) is 30.8. The second-order valence-electron chi connectivity index (χ2n) is 12.0. The molecular weight excluding hydrogens is 594 g/mol. The van der Waals surface area contributed by atoms with Crippen LogP contribution >= 0.6 is 0 Å². The molecule has 1 N–H and O–H groups in total. The summed E-state index contributed by atoms with van der Waals surface area (Å²) in [5.41, 5.74) is 0.0991. The van der Waals surface area contributed by atoms with E-state index in [1.807, 2.05) is 32.6 Å². The molecule has 0 aliphatic carbocycles. The molecule has 46 heavy (non-hydrogen) atoms. The van der Waals surface area contributed by atoms with Gasteiger partial charge in [0.1, 0.15) is 17.3 Å².